The van der Waals surface area contributed by atoms with Crippen LogP contribution in [0.3, 0.4) is 0 Å². The van der Waals surface area contributed by atoms with Crippen LogP contribution < -0.4 is 10.5 Å². The summed E-state index contributed by atoms with van der Waals surface area (Å²) in [5.41, 5.74) is 3.83. The number of halogens is 2. The Morgan fingerprint density at radius 1 is 1.03 bits per heavy atom. The van der Waals surface area contributed by atoms with E-state index in [1.54, 1.807) is 30.3 Å². The number of pyridine rings is 1. The molecule has 0 fully saturated rings. The minimum absolute atomic E-state index is 0.0121. The van der Waals surface area contributed by atoms with Gasteiger partial charge >= 0.3 is 0 Å². The summed E-state index contributed by atoms with van der Waals surface area (Å²) in [4.78, 5) is 18.1. The van der Waals surface area contributed by atoms with Gasteiger partial charge in [0.1, 0.15) is 0 Å². The number of hydrogen-bond acceptors (Lipinski definition) is 4. The Hall–Kier alpha value is -2.97. The van der Waals surface area contributed by atoms with E-state index in [2.05, 4.69) is 5.32 Å². The van der Waals surface area contributed by atoms with Gasteiger partial charge in [0.05, 0.1) is 26.7 Å². The van der Waals surface area contributed by atoms with E-state index >= 15 is 0 Å². The molecule has 1 amide bonds. The summed E-state index contributed by atoms with van der Waals surface area (Å²) in [6, 6.07) is 18.6. The number of nitrogens with zero attached hydrogens (tertiary/aromatic N) is 1. The zero-order chi connectivity index (χ0) is 23.8. The van der Waals surface area contributed by atoms with Crippen molar-refractivity contribution in [3.05, 3.63) is 93.5 Å². The largest absolute Gasteiger partial charge is 0.348 e. The fourth-order valence-corrected chi connectivity index (χ4v) is 4.62. The SMILES string of the molecule is Cc1c(-c2ccc(Cl)cc2Cl)nc2ccccc2c1C(=O)NCc1ccc(S(N)(=O)=O)cc1. The predicted octanol–water partition coefficient (Wildman–Crippen LogP) is 5.09. The van der Waals surface area contributed by atoms with Crippen molar-refractivity contribution in [2.45, 2.75) is 18.4 Å². The molecule has 168 valence electrons. The van der Waals surface area contributed by atoms with Crippen LogP contribution in [0.5, 0.6) is 0 Å². The van der Waals surface area contributed by atoms with Crippen LogP contribution in [0.25, 0.3) is 22.2 Å². The number of sulfonamides is 1. The molecule has 0 aliphatic rings. The molecule has 4 rings (SSSR count). The van der Waals surface area contributed by atoms with Crippen molar-refractivity contribution in [1.29, 1.82) is 0 Å². The van der Waals surface area contributed by atoms with Gasteiger partial charge in [0, 0.05) is 22.5 Å². The number of hydrogen-bond donors (Lipinski definition) is 2. The van der Waals surface area contributed by atoms with Gasteiger partial charge in [0.2, 0.25) is 10.0 Å². The van der Waals surface area contributed by atoms with Gasteiger partial charge in [-0.05, 0) is 54.4 Å². The standard InChI is InChI=1S/C24H19Cl2N3O3S/c1-14-22(24(30)28-13-15-6-9-17(10-7-15)33(27,31)32)19-4-2-3-5-21(19)29-23(14)18-11-8-16(25)12-20(18)26/h2-12H,13H2,1H3,(H,28,30)(H2,27,31,32). The van der Waals surface area contributed by atoms with Crippen molar-refractivity contribution in [3.63, 3.8) is 0 Å². The lowest BCUT2D eigenvalue weighted by molar-refractivity contribution is 0.0952. The number of amides is 1. The molecule has 0 bridgehead atoms. The van der Waals surface area contributed by atoms with Crippen LogP contribution >= 0.6 is 23.2 Å². The first-order valence-electron chi connectivity index (χ1n) is 9.90. The molecule has 0 aliphatic carbocycles. The lowest BCUT2D eigenvalue weighted by Crippen LogP contribution is -2.24. The van der Waals surface area contributed by atoms with Crippen LogP contribution in [0, 0.1) is 6.92 Å². The van der Waals surface area contributed by atoms with Crippen LogP contribution in [0.15, 0.2) is 71.6 Å². The molecule has 0 radical (unpaired) electrons. The van der Waals surface area contributed by atoms with Crippen molar-refractivity contribution in [2.24, 2.45) is 5.14 Å². The molecule has 4 aromatic rings. The molecule has 33 heavy (non-hydrogen) atoms. The maximum Gasteiger partial charge on any atom is 0.252 e. The average molecular weight is 500 g/mol. The highest BCUT2D eigenvalue weighted by Crippen LogP contribution is 2.34. The second-order valence-corrected chi connectivity index (χ2v) is 9.88. The third-order valence-electron chi connectivity index (χ3n) is 5.25. The minimum atomic E-state index is -3.77. The Morgan fingerprint density at radius 2 is 1.73 bits per heavy atom. The first-order chi connectivity index (χ1) is 15.6. The normalized spacial score (nSPS) is 11.5. The van der Waals surface area contributed by atoms with E-state index in [1.807, 2.05) is 31.2 Å². The first-order valence-corrected chi connectivity index (χ1v) is 12.2. The van der Waals surface area contributed by atoms with Crippen molar-refractivity contribution >= 4 is 50.0 Å². The molecule has 0 atom stereocenters. The molecule has 0 unspecified atom stereocenters. The van der Waals surface area contributed by atoms with Crippen LogP contribution in [0.2, 0.25) is 10.0 Å². The fraction of sp³-hybridized carbons (Fsp3) is 0.0833. The Balaban J connectivity index is 1.72. The molecule has 3 aromatic carbocycles. The van der Waals surface area contributed by atoms with Crippen molar-refractivity contribution < 1.29 is 13.2 Å². The highest BCUT2D eigenvalue weighted by Gasteiger charge is 2.20. The van der Waals surface area contributed by atoms with Gasteiger partial charge in [-0.25, -0.2) is 18.5 Å². The van der Waals surface area contributed by atoms with Crippen LogP contribution in [0.4, 0.5) is 0 Å². The number of fused-ring (bicyclic) bond motifs is 1. The Kier molecular flexibility index (Phi) is 6.41. The Labute approximate surface area is 201 Å². The summed E-state index contributed by atoms with van der Waals surface area (Å²) in [6.45, 7) is 2.03. The molecular weight excluding hydrogens is 481 g/mol. The van der Waals surface area contributed by atoms with Crippen LogP contribution in [0.1, 0.15) is 21.5 Å². The summed E-state index contributed by atoms with van der Waals surface area (Å²) in [5, 5.41) is 9.70. The third kappa shape index (κ3) is 4.86. The fourth-order valence-electron chi connectivity index (χ4n) is 3.61. The van der Waals surface area contributed by atoms with Gasteiger partial charge < -0.3 is 5.32 Å². The number of nitrogens with one attached hydrogen (secondary N) is 1. The Bertz CT molecular complexity index is 1490. The Morgan fingerprint density at radius 3 is 2.39 bits per heavy atom. The molecule has 1 heterocycles. The monoisotopic (exact) mass is 499 g/mol. The van der Waals surface area contributed by atoms with Gasteiger partial charge in [-0.2, -0.15) is 0 Å². The van der Waals surface area contributed by atoms with Gasteiger partial charge in [-0.3, -0.25) is 4.79 Å². The third-order valence-corrected chi connectivity index (χ3v) is 6.73. The number of carbonyl (C=O) groups excluding carboxylic acids is 1. The number of rotatable bonds is 5. The van der Waals surface area contributed by atoms with Gasteiger partial charge in [0.25, 0.3) is 5.91 Å². The molecule has 0 saturated carbocycles. The molecular formula is C24H19Cl2N3O3S. The molecule has 1 aromatic heterocycles. The maximum absolute atomic E-state index is 13.3. The summed E-state index contributed by atoms with van der Waals surface area (Å²) in [6.07, 6.45) is 0. The topological polar surface area (TPSA) is 102 Å². The van der Waals surface area contributed by atoms with Crippen molar-refractivity contribution in [3.8, 4) is 11.3 Å². The summed E-state index contributed by atoms with van der Waals surface area (Å²) >= 11 is 12.5. The molecule has 0 aliphatic heterocycles. The number of primary sulfonamides is 1. The summed E-state index contributed by atoms with van der Waals surface area (Å²) in [5.74, 6) is -0.284. The lowest BCUT2D eigenvalue weighted by Gasteiger charge is -2.16. The molecule has 9 heteroatoms. The summed E-state index contributed by atoms with van der Waals surface area (Å²) < 4.78 is 22.9. The highest BCUT2D eigenvalue weighted by molar-refractivity contribution is 7.89. The lowest BCUT2D eigenvalue weighted by atomic mass is 9.97. The first kappa shape index (κ1) is 23.2. The van der Waals surface area contributed by atoms with E-state index in [-0.39, 0.29) is 17.3 Å². The quantitative estimate of drug-likeness (QED) is 0.398. The molecule has 0 saturated heterocycles. The van der Waals surface area contributed by atoms with Gasteiger partial charge in [0.15, 0.2) is 0 Å². The van der Waals surface area contributed by atoms with Crippen LogP contribution in [-0.4, -0.2) is 19.3 Å². The number of para-hydroxylation sites is 1. The smallest absolute Gasteiger partial charge is 0.252 e. The van der Waals surface area contributed by atoms with Crippen LogP contribution in [-0.2, 0) is 16.6 Å². The van der Waals surface area contributed by atoms with E-state index in [0.717, 1.165) is 5.56 Å². The second-order valence-electron chi connectivity index (χ2n) is 7.47. The molecule has 6 nitrogen and oxygen atoms in total. The maximum atomic E-state index is 13.3. The summed E-state index contributed by atoms with van der Waals surface area (Å²) in [7, 11) is -3.77. The zero-order valence-corrected chi connectivity index (χ0v) is 19.8. The number of benzene rings is 3. The molecule has 3 N–H and O–H groups in total. The van der Waals surface area contributed by atoms with Gasteiger partial charge in [-0.1, -0.05) is 53.5 Å². The van der Waals surface area contributed by atoms with Gasteiger partial charge in [-0.15, -0.1) is 0 Å². The van der Waals surface area contributed by atoms with E-state index in [4.69, 9.17) is 33.3 Å². The predicted molar refractivity (Wildman–Crippen MR) is 131 cm³/mol. The number of carbonyl (C=O) groups is 1. The highest BCUT2D eigenvalue weighted by atomic mass is 35.5. The average Bonchev–Trinajstić information content (AvgIpc) is 2.77. The van der Waals surface area contributed by atoms with E-state index in [9.17, 15) is 13.2 Å². The number of nitrogens with two attached hydrogens (primary N) is 1. The van der Waals surface area contributed by atoms with Crippen molar-refractivity contribution in [1.82, 2.24) is 10.3 Å². The molecule has 0 spiro atoms. The van der Waals surface area contributed by atoms with Crippen molar-refractivity contribution in [2.75, 3.05) is 0 Å². The second kappa shape index (κ2) is 9.11. The van der Waals surface area contributed by atoms with E-state index in [0.29, 0.717) is 43.3 Å². The van der Waals surface area contributed by atoms with E-state index in [1.165, 1.54) is 12.1 Å². The van der Waals surface area contributed by atoms with E-state index < -0.39 is 10.0 Å². The number of aromatic nitrogens is 1. The minimum Gasteiger partial charge on any atom is -0.348 e. The zero-order valence-electron chi connectivity index (χ0n) is 17.5.